The summed E-state index contributed by atoms with van der Waals surface area (Å²) in [6.45, 7) is 3.22. The molecule has 144 valence electrons. The molecule has 1 aliphatic heterocycles. The summed E-state index contributed by atoms with van der Waals surface area (Å²) in [4.78, 5) is 14.7. The number of carbonyl (C=O) groups is 1. The van der Waals surface area contributed by atoms with Gasteiger partial charge in [-0.25, -0.2) is 4.79 Å². The van der Waals surface area contributed by atoms with Crippen LogP contribution in [0.3, 0.4) is 0 Å². The predicted molar refractivity (Wildman–Crippen MR) is 108 cm³/mol. The summed E-state index contributed by atoms with van der Waals surface area (Å²) in [6, 6.07) is 12.9. The molecule has 2 amide bonds. The molecule has 1 fully saturated rings. The van der Waals surface area contributed by atoms with E-state index in [1.54, 1.807) is 26.0 Å². The third-order valence-corrected chi connectivity index (χ3v) is 5.51. The molecule has 1 unspecified atom stereocenters. The maximum absolute atomic E-state index is 12.9. The fourth-order valence-corrected chi connectivity index (χ4v) is 4.23. The van der Waals surface area contributed by atoms with Crippen molar-refractivity contribution in [3.05, 3.63) is 48.0 Å². The van der Waals surface area contributed by atoms with Gasteiger partial charge in [0.1, 0.15) is 22.6 Å². The first kappa shape index (κ1) is 19.2. The number of ether oxygens (including phenoxy) is 3. The van der Waals surface area contributed by atoms with Gasteiger partial charge in [0.25, 0.3) is 0 Å². The molecule has 0 bridgehead atoms. The largest absolute Gasteiger partial charge is 0.497 e. The van der Waals surface area contributed by atoms with E-state index in [9.17, 15) is 4.79 Å². The monoisotopic (exact) mass is 388 g/mol. The number of methoxy groups -OCH3 is 2. The Balaban J connectivity index is 1.76. The summed E-state index contributed by atoms with van der Waals surface area (Å²) in [5.74, 6) is 3.13. The maximum atomic E-state index is 12.9. The number of carbonyl (C=O) groups excluding carboxylic acids is 1. The van der Waals surface area contributed by atoms with Crippen LogP contribution in [0.2, 0.25) is 0 Å². The number of hydrogen-bond acceptors (Lipinski definition) is 5. The van der Waals surface area contributed by atoms with Gasteiger partial charge in [-0.2, -0.15) is 0 Å². The summed E-state index contributed by atoms with van der Waals surface area (Å²) in [7, 11) is 3.26. The normalized spacial score (nSPS) is 16.1. The molecule has 2 aromatic carbocycles. The fourth-order valence-electron chi connectivity index (χ4n) is 2.96. The summed E-state index contributed by atoms with van der Waals surface area (Å²) >= 11 is 1.71. The Bertz CT molecular complexity index is 782. The van der Waals surface area contributed by atoms with Gasteiger partial charge in [-0.15, -0.1) is 11.8 Å². The second-order valence-electron chi connectivity index (χ2n) is 5.91. The van der Waals surface area contributed by atoms with E-state index < -0.39 is 0 Å². The molecule has 3 rings (SSSR count). The van der Waals surface area contributed by atoms with Crippen LogP contribution in [0.4, 0.5) is 10.5 Å². The zero-order valence-corrected chi connectivity index (χ0v) is 16.5. The Morgan fingerprint density at radius 1 is 1.15 bits per heavy atom. The van der Waals surface area contributed by atoms with Crippen molar-refractivity contribution in [2.45, 2.75) is 12.3 Å². The number of amides is 2. The molecule has 1 saturated heterocycles. The second-order valence-corrected chi connectivity index (χ2v) is 7.10. The van der Waals surface area contributed by atoms with Crippen molar-refractivity contribution in [1.29, 1.82) is 0 Å². The minimum absolute atomic E-state index is 0.127. The molecule has 2 aromatic rings. The van der Waals surface area contributed by atoms with Crippen molar-refractivity contribution >= 4 is 23.5 Å². The standard InChI is InChI=1S/C20H24N2O4S/c1-4-26-15-7-5-14(6-8-15)21-20(23)22-11-12-27-19(22)17-13-16(24-2)9-10-18(17)25-3/h5-10,13,19H,4,11-12H2,1-3H3,(H,21,23). The molecule has 6 nitrogen and oxygen atoms in total. The van der Waals surface area contributed by atoms with E-state index in [4.69, 9.17) is 14.2 Å². The van der Waals surface area contributed by atoms with Gasteiger partial charge in [0.15, 0.2) is 0 Å². The first-order valence-corrected chi connectivity index (χ1v) is 9.85. The molecule has 1 aliphatic rings. The van der Waals surface area contributed by atoms with Crippen LogP contribution in [-0.4, -0.2) is 44.1 Å². The third-order valence-electron chi connectivity index (χ3n) is 4.27. The molecular formula is C20H24N2O4S. The molecule has 0 spiro atoms. The van der Waals surface area contributed by atoms with Gasteiger partial charge in [0.2, 0.25) is 0 Å². The van der Waals surface area contributed by atoms with Crippen molar-refractivity contribution < 1.29 is 19.0 Å². The van der Waals surface area contributed by atoms with Crippen LogP contribution in [0.5, 0.6) is 17.2 Å². The SMILES string of the molecule is CCOc1ccc(NC(=O)N2CCSC2c2cc(OC)ccc2OC)cc1. The zero-order chi connectivity index (χ0) is 19.2. The van der Waals surface area contributed by atoms with Crippen LogP contribution in [0.15, 0.2) is 42.5 Å². The van der Waals surface area contributed by atoms with E-state index >= 15 is 0 Å². The summed E-state index contributed by atoms with van der Waals surface area (Å²) in [6.07, 6.45) is 0. The number of nitrogens with zero attached hydrogens (tertiary/aromatic N) is 1. The number of hydrogen-bond donors (Lipinski definition) is 1. The molecular weight excluding hydrogens is 364 g/mol. The summed E-state index contributed by atoms with van der Waals surface area (Å²) in [5, 5.41) is 2.84. The van der Waals surface area contributed by atoms with Crippen LogP contribution >= 0.6 is 11.8 Å². The maximum Gasteiger partial charge on any atom is 0.323 e. The Morgan fingerprint density at radius 2 is 1.89 bits per heavy atom. The van der Waals surface area contributed by atoms with Crippen LogP contribution in [-0.2, 0) is 0 Å². The van der Waals surface area contributed by atoms with Crippen molar-refractivity contribution in [3.8, 4) is 17.2 Å². The molecule has 0 aromatic heterocycles. The summed E-state index contributed by atoms with van der Waals surface area (Å²) in [5.41, 5.74) is 1.66. The number of urea groups is 1. The molecule has 1 atom stereocenters. The van der Waals surface area contributed by atoms with Gasteiger partial charge in [-0.05, 0) is 49.4 Å². The lowest BCUT2D eigenvalue weighted by molar-refractivity contribution is 0.213. The highest BCUT2D eigenvalue weighted by Gasteiger charge is 2.33. The Kier molecular flexibility index (Phi) is 6.34. The highest BCUT2D eigenvalue weighted by atomic mass is 32.2. The highest BCUT2D eigenvalue weighted by molar-refractivity contribution is 7.99. The first-order chi connectivity index (χ1) is 13.2. The van der Waals surface area contributed by atoms with Crippen molar-refractivity contribution in [1.82, 2.24) is 4.90 Å². The van der Waals surface area contributed by atoms with Crippen molar-refractivity contribution in [2.24, 2.45) is 0 Å². The Hall–Kier alpha value is -2.54. The zero-order valence-electron chi connectivity index (χ0n) is 15.7. The first-order valence-electron chi connectivity index (χ1n) is 8.80. The van der Waals surface area contributed by atoms with Crippen LogP contribution in [0, 0.1) is 0 Å². The smallest absolute Gasteiger partial charge is 0.323 e. The average Bonchev–Trinajstić information content (AvgIpc) is 3.19. The second kappa shape index (κ2) is 8.90. The number of nitrogens with one attached hydrogen (secondary N) is 1. The lowest BCUT2D eigenvalue weighted by atomic mass is 10.1. The van der Waals surface area contributed by atoms with Crippen molar-refractivity contribution in [3.63, 3.8) is 0 Å². The van der Waals surface area contributed by atoms with Gasteiger partial charge in [-0.3, -0.25) is 0 Å². The number of rotatable bonds is 6. The molecule has 0 saturated carbocycles. The Morgan fingerprint density at radius 3 is 2.56 bits per heavy atom. The van der Waals surface area contributed by atoms with Gasteiger partial charge >= 0.3 is 6.03 Å². The average molecular weight is 388 g/mol. The van der Waals surface area contributed by atoms with Gasteiger partial charge in [0, 0.05) is 23.5 Å². The Labute approximate surface area is 163 Å². The van der Waals surface area contributed by atoms with Gasteiger partial charge < -0.3 is 24.4 Å². The molecule has 0 aliphatic carbocycles. The van der Waals surface area contributed by atoms with E-state index in [1.165, 1.54) is 0 Å². The minimum atomic E-state index is -0.140. The van der Waals surface area contributed by atoms with E-state index in [0.717, 1.165) is 34.3 Å². The molecule has 1 N–H and O–H groups in total. The molecule has 1 heterocycles. The van der Waals surface area contributed by atoms with E-state index in [2.05, 4.69) is 5.32 Å². The quantitative estimate of drug-likeness (QED) is 0.796. The van der Waals surface area contributed by atoms with E-state index in [1.807, 2.05) is 54.3 Å². The number of thioether (sulfide) groups is 1. The van der Waals surface area contributed by atoms with Gasteiger partial charge in [0.05, 0.1) is 20.8 Å². The van der Waals surface area contributed by atoms with Crippen LogP contribution in [0.1, 0.15) is 17.9 Å². The lowest BCUT2D eigenvalue weighted by Gasteiger charge is -2.26. The number of benzene rings is 2. The van der Waals surface area contributed by atoms with Crippen molar-refractivity contribution in [2.75, 3.05) is 38.4 Å². The highest BCUT2D eigenvalue weighted by Crippen LogP contribution is 2.43. The van der Waals surface area contributed by atoms with Gasteiger partial charge in [-0.1, -0.05) is 0 Å². The molecule has 27 heavy (non-hydrogen) atoms. The summed E-state index contributed by atoms with van der Waals surface area (Å²) < 4.78 is 16.3. The third kappa shape index (κ3) is 4.42. The number of anilines is 1. The lowest BCUT2D eigenvalue weighted by Crippen LogP contribution is -2.34. The van der Waals surface area contributed by atoms with E-state index in [-0.39, 0.29) is 11.4 Å². The molecule has 7 heteroatoms. The topological polar surface area (TPSA) is 60.0 Å². The van der Waals surface area contributed by atoms with E-state index in [0.29, 0.717) is 13.2 Å². The van der Waals surface area contributed by atoms with Crippen LogP contribution in [0.25, 0.3) is 0 Å². The van der Waals surface area contributed by atoms with Crippen LogP contribution < -0.4 is 19.5 Å². The predicted octanol–water partition coefficient (Wildman–Crippen LogP) is 4.38. The minimum Gasteiger partial charge on any atom is -0.497 e. The fraction of sp³-hybridized carbons (Fsp3) is 0.350. The molecule has 0 radical (unpaired) electrons.